The largest absolute Gasteiger partial charge is 0.481 e. The molecule has 0 spiro atoms. The SMILES string of the molecule is CC(CCCC(C)C(=O)O)Nc1cnc(C#N)cn1. The van der Waals surface area contributed by atoms with Crippen molar-refractivity contribution in [3.8, 4) is 6.07 Å². The van der Waals surface area contributed by atoms with Crippen molar-refractivity contribution in [1.29, 1.82) is 5.26 Å². The van der Waals surface area contributed by atoms with Crippen LogP contribution in [0.15, 0.2) is 12.4 Å². The topological polar surface area (TPSA) is 98.9 Å². The lowest BCUT2D eigenvalue weighted by Gasteiger charge is -2.14. The van der Waals surface area contributed by atoms with Crippen molar-refractivity contribution in [2.24, 2.45) is 5.92 Å². The lowest BCUT2D eigenvalue weighted by Crippen LogP contribution is -2.17. The molecule has 0 radical (unpaired) electrons. The van der Waals surface area contributed by atoms with E-state index in [1.165, 1.54) is 12.4 Å². The van der Waals surface area contributed by atoms with Crippen LogP contribution in [-0.2, 0) is 4.79 Å². The number of hydrogen-bond acceptors (Lipinski definition) is 5. The summed E-state index contributed by atoms with van der Waals surface area (Å²) in [4.78, 5) is 18.7. The Kier molecular flexibility index (Phi) is 5.73. The summed E-state index contributed by atoms with van der Waals surface area (Å²) in [6.45, 7) is 3.72. The number of anilines is 1. The molecule has 0 amide bonds. The Morgan fingerprint density at radius 1 is 1.42 bits per heavy atom. The second-order valence-electron chi connectivity index (χ2n) is 4.61. The van der Waals surface area contributed by atoms with Crippen molar-refractivity contribution in [3.05, 3.63) is 18.1 Å². The maximum absolute atomic E-state index is 10.7. The fourth-order valence-electron chi connectivity index (χ4n) is 1.64. The number of carboxylic acids is 1. The summed E-state index contributed by atoms with van der Waals surface area (Å²) in [7, 11) is 0. The van der Waals surface area contributed by atoms with Gasteiger partial charge in [0.15, 0.2) is 5.69 Å². The minimum atomic E-state index is -0.751. The molecule has 6 heteroatoms. The van der Waals surface area contributed by atoms with Gasteiger partial charge in [0.2, 0.25) is 0 Å². The molecular formula is C13H18N4O2. The van der Waals surface area contributed by atoms with Crippen LogP contribution >= 0.6 is 0 Å². The van der Waals surface area contributed by atoms with Gasteiger partial charge >= 0.3 is 5.97 Å². The number of aromatic nitrogens is 2. The molecule has 19 heavy (non-hydrogen) atoms. The summed E-state index contributed by atoms with van der Waals surface area (Å²) < 4.78 is 0. The van der Waals surface area contributed by atoms with Crippen LogP contribution in [-0.4, -0.2) is 27.1 Å². The zero-order valence-electron chi connectivity index (χ0n) is 11.1. The number of nitriles is 1. The summed E-state index contributed by atoms with van der Waals surface area (Å²) in [5, 5.41) is 20.5. The maximum Gasteiger partial charge on any atom is 0.306 e. The fourth-order valence-corrected chi connectivity index (χ4v) is 1.64. The van der Waals surface area contributed by atoms with Crippen molar-refractivity contribution < 1.29 is 9.90 Å². The van der Waals surface area contributed by atoms with E-state index in [-0.39, 0.29) is 17.7 Å². The molecule has 1 heterocycles. The highest BCUT2D eigenvalue weighted by atomic mass is 16.4. The zero-order valence-corrected chi connectivity index (χ0v) is 11.1. The van der Waals surface area contributed by atoms with Gasteiger partial charge in [-0.05, 0) is 19.8 Å². The Labute approximate surface area is 112 Å². The summed E-state index contributed by atoms with van der Waals surface area (Å²) in [5.41, 5.74) is 0.286. The standard InChI is InChI=1S/C13H18N4O2/c1-9(13(18)19)4-3-5-10(2)17-12-8-15-11(6-14)7-16-12/h7-10H,3-5H2,1-2H3,(H,16,17)(H,18,19). The maximum atomic E-state index is 10.7. The van der Waals surface area contributed by atoms with Crippen molar-refractivity contribution in [3.63, 3.8) is 0 Å². The molecular weight excluding hydrogens is 244 g/mol. The second kappa shape index (κ2) is 7.31. The molecule has 1 aromatic heterocycles. The predicted octanol–water partition coefficient (Wildman–Crippen LogP) is 2.04. The highest BCUT2D eigenvalue weighted by Gasteiger charge is 2.11. The first-order valence-electron chi connectivity index (χ1n) is 6.24. The second-order valence-corrected chi connectivity index (χ2v) is 4.61. The lowest BCUT2D eigenvalue weighted by molar-refractivity contribution is -0.141. The Bertz CT molecular complexity index is 453. The normalized spacial score (nSPS) is 13.3. The van der Waals surface area contributed by atoms with E-state index >= 15 is 0 Å². The van der Waals surface area contributed by atoms with Gasteiger partial charge < -0.3 is 10.4 Å². The lowest BCUT2D eigenvalue weighted by atomic mass is 10.0. The molecule has 0 fully saturated rings. The number of nitrogens with one attached hydrogen (secondary N) is 1. The summed E-state index contributed by atoms with van der Waals surface area (Å²) in [6.07, 6.45) is 5.31. The van der Waals surface area contributed by atoms with Crippen LogP contribution in [0.1, 0.15) is 38.8 Å². The molecule has 0 aliphatic heterocycles. The van der Waals surface area contributed by atoms with Gasteiger partial charge in [0.1, 0.15) is 11.9 Å². The third kappa shape index (κ3) is 5.34. The first kappa shape index (κ1) is 14.9. The molecule has 1 aromatic rings. The Morgan fingerprint density at radius 2 is 2.16 bits per heavy atom. The van der Waals surface area contributed by atoms with Gasteiger partial charge in [-0.25, -0.2) is 9.97 Å². The molecule has 0 aliphatic carbocycles. The molecule has 2 N–H and O–H groups in total. The van der Waals surface area contributed by atoms with E-state index in [4.69, 9.17) is 10.4 Å². The smallest absolute Gasteiger partial charge is 0.306 e. The molecule has 0 aromatic carbocycles. The van der Waals surface area contributed by atoms with Gasteiger partial charge in [-0.3, -0.25) is 4.79 Å². The first-order chi connectivity index (χ1) is 9.02. The van der Waals surface area contributed by atoms with Crippen LogP contribution in [0.2, 0.25) is 0 Å². The van der Waals surface area contributed by atoms with E-state index in [2.05, 4.69) is 15.3 Å². The highest BCUT2D eigenvalue weighted by Crippen LogP contribution is 2.12. The van der Waals surface area contributed by atoms with Crippen LogP contribution < -0.4 is 5.32 Å². The molecule has 2 atom stereocenters. The highest BCUT2D eigenvalue weighted by molar-refractivity contribution is 5.69. The van der Waals surface area contributed by atoms with E-state index in [1.807, 2.05) is 13.0 Å². The number of nitrogens with zero attached hydrogens (tertiary/aromatic N) is 3. The minimum Gasteiger partial charge on any atom is -0.481 e. The van der Waals surface area contributed by atoms with Crippen LogP contribution in [0.5, 0.6) is 0 Å². The third-order valence-corrected chi connectivity index (χ3v) is 2.86. The van der Waals surface area contributed by atoms with Gasteiger partial charge in [-0.2, -0.15) is 5.26 Å². The van der Waals surface area contributed by atoms with Crippen molar-refractivity contribution in [2.75, 3.05) is 5.32 Å². The van der Waals surface area contributed by atoms with Crippen LogP contribution in [0.25, 0.3) is 0 Å². The van der Waals surface area contributed by atoms with E-state index < -0.39 is 5.97 Å². The number of aliphatic carboxylic acids is 1. The van der Waals surface area contributed by atoms with Crippen LogP contribution in [0.3, 0.4) is 0 Å². The van der Waals surface area contributed by atoms with E-state index in [0.29, 0.717) is 12.2 Å². The van der Waals surface area contributed by atoms with E-state index in [9.17, 15) is 4.79 Å². The Hall–Kier alpha value is -2.16. The van der Waals surface area contributed by atoms with Crippen molar-refractivity contribution in [1.82, 2.24) is 9.97 Å². The van der Waals surface area contributed by atoms with Crippen LogP contribution in [0, 0.1) is 17.2 Å². The van der Waals surface area contributed by atoms with Gasteiger partial charge in [0.05, 0.1) is 18.3 Å². The molecule has 102 valence electrons. The van der Waals surface area contributed by atoms with E-state index in [1.54, 1.807) is 6.92 Å². The molecule has 1 rings (SSSR count). The molecule has 2 unspecified atom stereocenters. The van der Waals surface area contributed by atoms with Gasteiger partial charge in [-0.1, -0.05) is 13.3 Å². The van der Waals surface area contributed by atoms with Gasteiger partial charge in [0.25, 0.3) is 0 Å². The molecule has 0 aliphatic rings. The Morgan fingerprint density at radius 3 is 2.68 bits per heavy atom. The number of carbonyl (C=O) groups is 1. The summed E-state index contributed by atoms with van der Waals surface area (Å²) >= 11 is 0. The molecule has 6 nitrogen and oxygen atoms in total. The quantitative estimate of drug-likeness (QED) is 0.780. The van der Waals surface area contributed by atoms with E-state index in [0.717, 1.165) is 12.8 Å². The van der Waals surface area contributed by atoms with Gasteiger partial charge in [-0.15, -0.1) is 0 Å². The average Bonchev–Trinajstić information content (AvgIpc) is 2.39. The van der Waals surface area contributed by atoms with Gasteiger partial charge in [0, 0.05) is 6.04 Å². The predicted molar refractivity (Wildman–Crippen MR) is 70.5 cm³/mol. The Balaban J connectivity index is 2.32. The summed E-state index contributed by atoms with van der Waals surface area (Å²) in [5.74, 6) is -0.432. The zero-order chi connectivity index (χ0) is 14.3. The monoisotopic (exact) mass is 262 g/mol. The minimum absolute atomic E-state index is 0.184. The van der Waals surface area contributed by atoms with Crippen molar-refractivity contribution >= 4 is 11.8 Å². The number of hydrogen-bond donors (Lipinski definition) is 2. The summed E-state index contributed by atoms with van der Waals surface area (Å²) in [6, 6.07) is 2.09. The van der Waals surface area contributed by atoms with Crippen molar-refractivity contribution in [2.45, 2.75) is 39.2 Å². The molecule has 0 saturated heterocycles. The van der Waals surface area contributed by atoms with Crippen LogP contribution in [0.4, 0.5) is 5.82 Å². The fraction of sp³-hybridized carbons (Fsp3) is 0.538. The number of rotatable bonds is 7. The first-order valence-corrected chi connectivity index (χ1v) is 6.24. The average molecular weight is 262 g/mol. The molecule has 0 bridgehead atoms. The molecule has 0 saturated carbocycles. The number of carboxylic acid groups (broad SMARTS) is 1. The third-order valence-electron chi connectivity index (χ3n) is 2.86.